The summed E-state index contributed by atoms with van der Waals surface area (Å²) >= 11 is 7.58. The van der Waals surface area contributed by atoms with Crippen LogP contribution in [0.1, 0.15) is 22.2 Å². The molecule has 0 N–H and O–H groups in total. The summed E-state index contributed by atoms with van der Waals surface area (Å²) < 4.78 is 0. The fourth-order valence-electron chi connectivity index (χ4n) is 1.88. The molecule has 0 radical (unpaired) electrons. The van der Waals surface area contributed by atoms with E-state index in [1.807, 2.05) is 24.4 Å². The molecule has 0 saturated carbocycles. The van der Waals surface area contributed by atoms with Gasteiger partial charge in [-0.2, -0.15) is 0 Å². The van der Waals surface area contributed by atoms with Crippen LogP contribution in [-0.4, -0.2) is 22.3 Å². The number of hydrogen-bond donors (Lipinski definition) is 0. The number of rotatable bonds is 5. The quantitative estimate of drug-likeness (QED) is 0.617. The zero-order valence-corrected chi connectivity index (χ0v) is 12.9. The molecule has 5 nitrogen and oxygen atoms in total. The van der Waals surface area contributed by atoms with E-state index >= 15 is 0 Å². The molecule has 1 aromatic heterocycles. The second kappa shape index (κ2) is 6.69. The van der Waals surface area contributed by atoms with E-state index in [0.29, 0.717) is 13.1 Å². The molecule has 1 aromatic carbocycles. The van der Waals surface area contributed by atoms with E-state index in [4.69, 9.17) is 11.6 Å². The number of halogens is 1. The second-order valence-corrected chi connectivity index (χ2v) is 5.76. The Morgan fingerprint density at radius 3 is 2.71 bits per heavy atom. The van der Waals surface area contributed by atoms with Crippen LogP contribution in [0, 0.1) is 10.1 Å². The molecule has 110 valence electrons. The van der Waals surface area contributed by atoms with Gasteiger partial charge in [0.05, 0.1) is 22.1 Å². The second-order valence-electron chi connectivity index (χ2n) is 4.32. The standard InChI is InChI=1S/C14H13ClN2O3S/c1-2-16(9-11-4-3-7-21-11)14(18)12-6-5-10(17(19)20)8-13(12)15/h3-8H,2,9H2,1H3. The number of hydrogen-bond acceptors (Lipinski definition) is 4. The van der Waals surface area contributed by atoms with Crippen molar-refractivity contribution in [3.63, 3.8) is 0 Å². The number of nitrogens with zero attached hydrogens (tertiary/aromatic N) is 2. The first-order valence-corrected chi connectivity index (χ1v) is 7.54. The van der Waals surface area contributed by atoms with Gasteiger partial charge in [-0.3, -0.25) is 14.9 Å². The predicted molar refractivity (Wildman–Crippen MR) is 82.8 cm³/mol. The van der Waals surface area contributed by atoms with Crippen molar-refractivity contribution in [3.05, 3.63) is 61.3 Å². The minimum atomic E-state index is -0.538. The fraction of sp³-hybridized carbons (Fsp3) is 0.214. The SMILES string of the molecule is CCN(Cc1cccs1)C(=O)c1ccc([N+](=O)[O-])cc1Cl. The molecule has 0 atom stereocenters. The van der Waals surface area contributed by atoms with E-state index < -0.39 is 4.92 Å². The largest absolute Gasteiger partial charge is 0.334 e. The third-order valence-corrected chi connectivity index (χ3v) is 4.16. The smallest absolute Gasteiger partial charge is 0.270 e. The molecule has 0 fully saturated rings. The summed E-state index contributed by atoms with van der Waals surface area (Å²) in [5, 5.41) is 12.7. The van der Waals surface area contributed by atoms with Crippen molar-refractivity contribution in [3.8, 4) is 0 Å². The Balaban J connectivity index is 2.23. The lowest BCUT2D eigenvalue weighted by Crippen LogP contribution is -2.30. The molecular weight excluding hydrogens is 312 g/mol. The van der Waals surface area contributed by atoms with Crippen molar-refractivity contribution in [1.82, 2.24) is 4.90 Å². The lowest BCUT2D eigenvalue weighted by Gasteiger charge is -2.20. The maximum Gasteiger partial charge on any atom is 0.270 e. The molecule has 0 aliphatic heterocycles. The first kappa shape index (κ1) is 15.5. The Morgan fingerprint density at radius 2 is 2.19 bits per heavy atom. The van der Waals surface area contributed by atoms with Crippen LogP contribution in [0.4, 0.5) is 5.69 Å². The first-order valence-electron chi connectivity index (χ1n) is 6.28. The number of carbonyl (C=O) groups is 1. The molecule has 2 aromatic rings. The highest BCUT2D eigenvalue weighted by molar-refractivity contribution is 7.09. The zero-order valence-electron chi connectivity index (χ0n) is 11.3. The van der Waals surface area contributed by atoms with Gasteiger partial charge < -0.3 is 4.90 Å². The van der Waals surface area contributed by atoms with Gasteiger partial charge in [0.25, 0.3) is 11.6 Å². The Labute approximate surface area is 130 Å². The maximum absolute atomic E-state index is 12.5. The highest BCUT2D eigenvalue weighted by Crippen LogP contribution is 2.24. The van der Waals surface area contributed by atoms with Gasteiger partial charge >= 0.3 is 0 Å². The van der Waals surface area contributed by atoms with Gasteiger partial charge in [0, 0.05) is 23.6 Å². The number of carbonyl (C=O) groups excluding carboxylic acids is 1. The van der Waals surface area contributed by atoms with Gasteiger partial charge in [-0.05, 0) is 24.4 Å². The monoisotopic (exact) mass is 324 g/mol. The van der Waals surface area contributed by atoms with Crippen molar-refractivity contribution in [2.24, 2.45) is 0 Å². The molecule has 0 aliphatic carbocycles. The van der Waals surface area contributed by atoms with Crippen molar-refractivity contribution in [2.75, 3.05) is 6.54 Å². The Hall–Kier alpha value is -1.92. The number of non-ortho nitro benzene ring substituents is 1. The minimum Gasteiger partial charge on any atom is -0.334 e. The van der Waals surface area contributed by atoms with Crippen LogP contribution in [0.25, 0.3) is 0 Å². The van der Waals surface area contributed by atoms with E-state index in [0.717, 1.165) is 4.88 Å². The van der Waals surface area contributed by atoms with Gasteiger partial charge in [0.2, 0.25) is 0 Å². The van der Waals surface area contributed by atoms with Crippen LogP contribution < -0.4 is 0 Å². The van der Waals surface area contributed by atoms with E-state index in [9.17, 15) is 14.9 Å². The maximum atomic E-state index is 12.5. The third-order valence-electron chi connectivity index (χ3n) is 2.99. The summed E-state index contributed by atoms with van der Waals surface area (Å²) in [6, 6.07) is 7.78. The molecule has 7 heteroatoms. The molecule has 0 spiro atoms. The topological polar surface area (TPSA) is 63.5 Å². The Kier molecular flexibility index (Phi) is 4.93. The highest BCUT2D eigenvalue weighted by Gasteiger charge is 2.20. The molecule has 1 amide bonds. The van der Waals surface area contributed by atoms with Crippen LogP contribution in [0.2, 0.25) is 5.02 Å². The van der Waals surface area contributed by atoms with E-state index in [1.165, 1.54) is 18.2 Å². The number of nitro groups is 1. The third kappa shape index (κ3) is 3.59. The predicted octanol–water partition coefficient (Wildman–Crippen LogP) is 3.97. The van der Waals surface area contributed by atoms with E-state index in [1.54, 1.807) is 16.2 Å². The summed E-state index contributed by atoms with van der Waals surface area (Å²) in [5.41, 5.74) is 0.151. The van der Waals surface area contributed by atoms with Gasteiger partial charge in [0.1, 0.15) is 0 Å². The van der Waals surface area contributed by atoms with E-state index in [2.05, 4.69) is 0 Å². The molecular formula is C14H13ClN2O3S. The molecule has 1 heterocycles. The summed E-state index contributed by atoms with van der Waals surface area (Å²) in [7, 11) is 0. The molecule has 2 rings (SSSR count). The first-order chi connectivity index (χ1) is 10.0. The number of nitro benzene ring substituents is 1. The lowest BCUT2D eigenvalue weighted by molar-refractivity contribution is -0.384. The summed E-state index contributed by atoms with van der Waals surface area (Å²) in [6.45, 7) is 2.91. The Bertz CT molecular complexity index is 658. The summed E-state index contributed by atoms with van der Waals surface area (Å²) in [4.78, 5) is 25.4. The van der Waals surface area contributed by atoms with Crippen molar-refractivity contribution < 1.29 is 9.72 Å². The molecule has 0 saturated heterocycles. The fourth-order valence-corrected chi connectivity index (χ4v) is 2.85. The van der Waals surface area contributed by atoms with Gasteiger partial charge in [-0.25, -0.2) is 0 Å². The number of amides is 1. The molecule has 0 aliphatic rings. The summed E-state index contributed by atoms with van der Waals surface area (Å²) in [6.07, 6.45) is 0. The summed E-state index contributed by atoms with van der Waals surface area (Å²) in [5.74, 6) is -0.231. The van der Waals surface area contributed by atoms with Crippen molar-refractivity contribution in [1.29, 1.82) is 0 Å². The van der Waals surface area contributed by atoms with E-state index in [-0.39, 0.29) is 22.2 Å². The lowest BCUT2D eigenvalue weighted by atomic mass is 10.1. The molecule has 0 unspecified atom stereocenters. The van der Waals surface area contributed by atoms with Gasteiger partial charge in [-0.1, -0.05) is 17.7 Å². The molecule has 0 bridgehead atoms. The average molecular weight is 325 g/mol. The Morgan fingerprint density at radius 1 is 1.43 bits per heavy atom. The van der Waals surface area contributed by atoms with Crippen LogP contribution in [-0.2, 0) is 6.54 Å². The normalized spacial score (nSPS) is 10.4. The van der Waals surface area contributed by atoms with Crippen LogP contribution >= 0.6 is 22.9 Å². The number of benzene rings is 1. The number of thiophene rings is 1. The van der Waals surface area contributed by atoms with Crippen molar-refractivity contribution in [2.45, 2.75) is 13.5 Å². The van der Waals surface area contributed by atoms with Crippen LogP contribution in [0.15, 0.2) is 35.7 Å². The van der Waals surface area contributed by atoms with Gasteiger partial charge in [-0.15, -0.1) is 11.3 Å². The minimum absolute atomic E-state index is 0.0961. The van der Waals surface area contributed by atoms with Crippen LogP contribution in [0.3, 0.4) is 0 Å². The molecule has 21 heavy (non-hydrogen) atoms. The highest BCUT2D eigenvalue weighted by atomic mass is 35.5. The van der Waals surface area contributed by atoms with Crippen LogP contribution in [0.5, 0.6) is 0 Å². The van der Waals surface area contributed by atoms with Crippen molar-refractivity contribution >= 4 is 34.5 Å². The average Bonchev–Trinajstić information content (AvgIpc) is 2.96. The van der Waals surface area contributed by atoms with Gasteiger partial charge in [0.15, 0.2) is 0 Å². The zero-order chi connectivity index (χ0) is 15.4.